The maximum Gasteiger partial charge on any atom is 0.227 e. The lowest BCUT2D eigenvalue weighted by Crippen LogP contribution is -2.33. The lowest BCUT2D eigenvalue weighted by Gasteiger charge is -2.16. The molecule has 25 heavy (non-hydrogen) atoms. The largest absolute Gasteiger partial charge is 0.345 e. The zero-order valence-electron chi connectivity index (χ0n) is 13.5. The fourth-order valence-electron chi connectivity index (χ4n) is 2.70. The van der Waals surface area contributed by atoms with E-state index in [0.29, 0.717) is 12.1 Å². The Morgan fingerprint density at radius 2 is 1.88 bits per heavy atom. The van der Waals surface area contributed by atoms with E-state index in [1.807, 2.05) is 30.3 Å². The molecule has 1 atom stereocenters. The third kappa shape index (κ3) is 4.24. The molecule has 3 rings (SSSR count). The van der Waals surface area contributed by atoms with Crippen molar-refractivity contribution < 1.29 is 14.0 Å². The zero-order valence-corrected chi connectivity index (χ0v) is 13.5. The number of nitrogens with zero attached hydrogens (tertiary/aromatic N) is 1. The number of carbonyl (C=O) groups is 2. The predicted molar refractivity (Wildman–Crippen MR) is 93.2 cm³/mol. The molecule has 0 saturated carbocycles. The molecule has 0 spiro atoms. The van der Waals surface area contributed by atoms with E-state index in [2.05, 4.69) is 17.2 Å². The number of amides is 2. The van der Waals surface area contributed by atoms with E-state index < -0.39 is 0 Å². The first-order chi connectivity index (χ1) is 12.1. The summed E-state index contributed by atoms with van der Waals surface area (Å²) in [6, 6.07) is 15.2. The molecule has 1 aliphatic heterocycles. The molecule has 2 aromatic rings. The third-order valence-electron chi connectivity index (χ3n) is 3.99. The second-order valence-corrected chi connectivity index (χ2v) is 5.77. The van der Waals surface area contributed by atoms with Crippen LogP contribution in [0, 0.1) is 23.6 Å². The molecule has 5 heteroatoms. The van der Waals surface area contributed by atoms with Crippen LogP contribution in [0.2, 0.25) is 0 Å². The van der Waals surface area contributed by atoms with Crippen LogP contribution in [0.1, 0.15) is 12.0 Å². The summed E-state index contributed by atoms with van der Waals surface area (Å²) in [6.07, 6.45) is 0.201. The SMILES string of the molecule is O=C(NCC#Cc1ccc(F)cc1)C1CC(=O)N(c2ccccc2)C1. The molecule has 1 unspecified atom stereocenters. The van der Waals surface area contributed by atoms with Gasteiger partial charge in [0.2, 0.25) is 11.8 Å². The Morgan fingerprint density at radius 3 is 2.60 bits per heavy atom. The first kappa shape index (κ1) is 16.7. The molecule has 4 nitrogen and oxygen atoms in total. The number of hydrogen-bond acceptors (Lipinski definition) is 2. The van der Waals surface area contributed by atoms with Gasteiger partial charge in [-0.2, -0.15) is 0 Å². The summed E-state index contributed by atoms with van der Waals surface area (Å²) < 4.78 is 12.8. The molecule has 126 valence electrons. The molecule has 1 fully saturated rings. The highest BCUT2D eigenvalue weighted by Crippen LogP contribution is 2.24. The summed E-state index contributed by atoms with van der Waals surface area (Å²) in [6.45, 7) is 0.562. The van der Waals surface area contributed by atoms with Gasteiger partial charge in [-0.1, -0.05) is 30.0 Å². The summed E-state index contributed by atoms with van der Waals surface area (Å²) in [7, 11) is 0. The van der Waals surface area contributed by atoms with Crippen molar-refractivity contribution in [2.45, 2.75) is 6.42 Å². The van der Waals surface area contributed by atoms with E-state index in [-0.39, 0.29) is 36.5 Å². The minimum atomic E-state index is -0.375. The third-order valence-corrected chi connectivity index (χ3v) is 3.99. The van der Waals surface area contributed by atoms with Gasteiger partial charge in [-0.05, 0) is 36.4 Å². The number of halogens is 1. The van der Waals surface area contributed by atoms with E-state index >= 15 is 0 Å². The number of hydrogen-bond donors (Lipinski definition) is 1. The van der Waals surface area contributed by atoms with Crippen molar-refractivity contribution in [1.29, 1.82) is 0 Å². The summed E-state index contributed by atoms with van der Waals surface area (Å²) in [4.78, 5) is 26.0. The normalized spacial score (nSPS) is 16.3. The summed E-state index contributed by atoms with van der Waals surface area (Å²) in [5.41, 5.74) is 1.49. The van der Waals surface area contributed by atoms with Crippen molar-refractivity contribution in [3.63, 3.8) is 0 Å². The first-order valence-corrected chi connectivity index (χ1v) is 8.01. The molecule has 1 N–H and O–H groups in total. The Labute approximate surface area is 145 Å². The van der Waals surface area contributed by atoms with Crippen molar-refractivity contribution in [2.24, 2.45) is 5.92 Å². The Kier molecular flexibility index (Phi) is 5.10. The number of para-hydroxylation sites is 1. The highest BCUT2D eigenvalue weighted by Gasteiger charge is 2.34. The average molecular weight is 336 g/mol. The van der Waals surface area contributed by atoms with Crippen LogP contribution in [0.5, 0.6) is 0 Å². The Morgan fingerprint density at radius 1 is 1.16 bits per heavy atom. The van der Waals surface area contributed by atoms with Gasteiger partial charge >= 0.3 is 0 Å². The van der Waals surface area contributed by atoms with E-state index in [1.54, 1.807) is 17.0 Å². The van der Waals surface area contributed by atoms with Gasteiger partial charge < -0.3 is 10.2 Å². The quantitative estimate of drug-likeness (QED) is 0.875. The molecular formula is C20H17FN2O2. The maximum atomic E-state index is 12.8. The topological polar surface area (TPSA) is 49.4 Å². The highest BCUT2D eigenvalue weighted by atomic mass is 19.1. The number of nitrogens with one attached hydrogen (secondary N) is 1. The van der Waals surface area contributed by atoms with Crippen molar-refractivity contribution >= 4 is 17.5 Å². The van der Waals surface area contributed by atoms with Crippen LogP contribution in [0.3, 0.4) is 0 Å². The van der Waals surface area contributed by atoms with Gasteiger partial charge in [0.1, 0.15) is 5.82 Å². The molecular weight excluding hydrogens is 319 g/mol. The minimum Gasteiger partial charge on any atom is -0.345 e. The van der Waals surface area contributed by atoms with Crippen LogP contribution in [-0.4, -0.2) is 24.9 Å². The Hall–Kier alpha value is -3.13. The van der Waals surface area contributed by atoms with Crippen LogP contribution in [-0.2, 0) is 9.59 Å². The second kappa shape index (κ2) is 7.63. The highest BCUT2D eigenvalue weighted by molar-refractivity contribution is 6.00. The predicted octanol–water partition coefficient (Wildman–Crippen LogP) is 2.35. The van der Waals surface area contributed by atoms with E-state index in [1.165, 1.54) is 12.1 Å². The Bertz CT molecular complexity index is 822. The van der Waals surface area contributed by atoms with Gasteiger partial charge in [-0.25, -0.2) is 4.39 Å². The smallest absolute Gasteiger partial charge is 0.227 e. The second-order valence-electron chi connectivity index (χ2n) is 5.77. The van der Waals surface area contributed by atoms with E-state index in [0.717, 1.165) is 5.69 Å². The standard InChI is InChI=1S/C20H17FN2O2/c21-17-10-8-15(9-11-17)5-4-12-22-20(25)16-13-19(24)23(14-16)18-6-2-1-3-7-18/h1-3,6-11,16H,12-14H2,(H,22,25). The average Bonchev–Trinajstić information content (AvgIpc) is 3.03. The number of benzene rings is 2. The van der Waals surface area contributed by atoms with Crippen LogP contribution < -0.4 is 10.2 Å². The van der Waals surface area contributed by atoms with E-state index in [9.17, 15) is 14.0 Å². The summed E-state index contributed by atoms with van der Waals surface area (Å²) >= 11 is 0. The maximum absolute atomic E-state index is 12.8. The van der Waals surface area contributed by atoms with Crippen LogP contribution in [0.15, 0.2) is 54.6 Å². The van der Waals surface area contributed by atoms with Crippen LogP contribution >= 0.6 is 0 Å². The van der Waals surface area contributed by atoms with Gasteiger partial charge in [0, 0.05) is 24.2 Å². The van der Waals surface area contributed by atoms with Gasteiger partial charge in [-0.3, -0.25) is 9.59 Å². The van der Waals surface area contributed by atoms with Crippen LogP contribution in [0.4, 0.5) is 10.1 Å². The first-order valence-electron chi connectivity index (χ1n) is 8.01. The molecule has 1 heterocycles. The van der Waals surface area contributed by atoms with Gasteiger partial charge in [0.05, 0.1) is 12.5 Å². The molecule has 0 radical (unpaired) electrons. The summed E-state index contributed by atoms with van der Waals surface area (Å²) in [5, 5.41) is 2.73. The fourth-order valence-corrected chi connectivity index (χ4v) is 2.70. The Balaban J connectivity index is 1.53. The van der Waals surface area contributed by atoms with Crippen LogP contribution in [0.25, 0.3) is 0 Å². The monoisotopic (exact) mass is 336 g/mol. The number of carbonyl (C=O) groups excluding carboxylic acids is 2. The van der Waals surface area contributed by atoms with Gasteiger partial charge in [0.25, 0.3) is 0 Å². The van der Waals surface area contributed by atoms with Gasteiger partial charge in [-0.15, -0.1) is 0 Å². The molecule has 2 amide bonds. The molecule has 1 saturated heterocycles. The molecule has 0 aliphatic carbocycles. The lowest BCUT2D eigenvalue weighted by atomic mass is 10.1. The zero-order chi connectivity index (χ0) is 17.6. The van der Waals surface area contributed by atoms with E-state index in [4.69, 9.17) is 0 Å². The fraction of sp³-hybridized carbons (Fsp3) is 0.200. The van der Waals surface area contributed by atoms with Crippen molar-refractivity contribution in [3.8, 4) is 11.8 Å². The molecule has 2 aromatic carbocycles. The summed E-state index contributed by atoms with van der Waals surface area (Å²) in [5.74, 6) is 4.76. The lowest BCUT2D eigenvalue weighted by molar-refractivity contribution is -0.126. The molecule has 0 aromatic heterocycles. The number of rotatable bonds is 3. The molecule has 0 bridgehead atoms. The number of anilines is 1. The van der Waals surface area contributed by atoms with Crippen molar-refractivity contribution in [1.82, 2.24) is 5.32 Å². The van der Waals surface area contributed by atoms with Crippen molar-refractivity contribution in [2.75, 3.05) is 18.0 Å². The minimum absolute atomic E-state index is 0.0521. The van der Waals surface area contributed by atoms with Gasteiger partial charge in [0.15, 0.2) is 0 Å². The van der Waals surface area contributed by atoms with Crippen molar-refractivity contribution in [3.05, 3.63) is 66.0 Å². The molecule has 1 aliphatic rings.